The highest BCUT2D eigenvalue weighted by atomic mass is 32.2. The Labute approximate surface area is 161 Å². The summed E-state index contributed by atoms with van der Waals surface area (Å²) in [6, 6.07) is 5.97. The van der Waals surface area contributed by atoms with Crippen LogP contribution in [0.2, 0.25) is 0 Å². The molecule has 1 aromatic carbocycles. The number of benzene rings is 1. The maximum Gasteiger partial charge on any atom is 0.416 e. The van der Waals surface area contributed by atoms with E-state index >= 15 is 0 Å². The van der Waals surface area contributed by atoms with Crippen molar-refractivity contribution in [1.82, 2.24) is 4.98 Å². The third-order valence-electron chi connectivity index (χ3n) is 4.22. The number of nitrogens with two attached hydrogens (primary N) is 1. The van der Waals surface area contributed by atoms with Crippen molar-refractivity contribution in [3.8, 4) is 0 Å². The molecule has 0 saturated heterocycles. The van der Waals surface area contributed by atoms with Gasteiger partial charge >= 0.3 is 12.4 Å². The monoisotopic (exact) mass is 434 g/mol. The topological polar surface area (TPSA) is 73.1 Å². The van der Waals surface area contributed by atoms with Crippen molar-refractivity contribution in [3.05, 3.63) is 71.4 Å². The lowest BCUT2D eigenvalue weighted by Gasteiger charge is -2.12. The third-order valence-corrected chi connectivity index (χ3v) is 5.05. The molecule has 0 amide bonds. The molecule has 1 aliphatic carbocycles. The van der Waals surface area contributed by atoms with Crippen molar-refractivity contribution >= 4 is 21.2 Å². The number of primary sulfonamides is 1. The summed E-state index contributed by atoms with van der Waals surface area (Å²) in [5.41, 5.74) is -0.495. The van der Waals surface area contributed by atoms with Crippen LogP contribution in [0.3, 0.4) is 0 Å². The Kier molecular flexibility index (Phi) is 5.08. The van der Waals surface area contributed by atoms with Gasteiger partial charge in [0.05, 0.1) is 11.5 Å². The first kappa shape index (κ1) is 21.1. The van der Waals surface area contributed by atoms with Crippen molar-refractivity contribution in [1.29, 1.82) is 0 Å². The Hall–Kier alpha value is -2.66. The fourth-order valence-corrected chi connectivity index (χ4v) is 3.28. The Morgan fingerprint density at radius 1 is 0.828 bits per heavy atom. The third kappa shape index (κ3) is 4.51. The van der Waals surface area contributed by atoms with Crippen LogP contribution in [0.25, 0.3) is 11.1 Å². The molecule has 0 fully saturated rings. The van der Waals surface area contributed by atoms with Crippen molar-refractivity contribution in [2.75, 3.05) is 0 Å². The molecule has 1 unspecified atom stereocenters. The van der Waals surface area contributed by atoms with E-state index in [0.717, 1.165) is 48.7 Å². The van der Waals surface area contributed by atoms with Crippen molar-refractivity contribution in [3.63, 3.8) is 0 Å². The molecule has 1 aliphatic rings. The van der Waals surface area contributed by atoms with Gasteiger partial charge in [-0.05, 0) is 41.0 Å². The summed E-state index contributed by atoms with van der Waals surface area (Å²) < 4.78 is 101. The van der Waals surface area contributed by atoms with Crippen LogP contribution in [-0.4, -0.2) is 19.6 Å². The lowest BCUT2D eigenvalue weighted by molar-refractivity contribution is -0.148. The maximum atomic E-state index is 13.2. The molecule has 3 rings (SSSR count). The quantitative estimate of drug-likeness (QED) is 0.728. The fourth-order valence-electron chi connectivity index (χ4n) is 2.83. The average Bonchev–Trinajstić information content (AvgIpc) is 3.06. The summed E-state index contributed by atoms with van der Waals surface area (Å²) in [5, 5.41) is 4.48. The van der Waals surface area contributed by atoms with Gasteiger partial charge in [0.25, 0.3) is 10.0 Å². The number of allylic oxidation sites excluding steroid dienone is 4. The van der Waals surface area contributed by atoms with Crippen LogP contribution in [0.4, 0.5) is 26.3 Å². The first-order chi connectivity index (χ1) is 13.3. The van der Waals surface area contributed by atoms with Gasteiger partial charge in [0.15, 0.2) is 5.03 Å². The molecule has 0 bridgehead atoms. The zero-order valence-corrected chi connectivity index (χ0v) is 15.1. The Balaban J connectivity index is 2.05. The smallest absolute Gasteiger partial charge is 0.243 e. The minimum absolute atomic E-state index is 0.0613. The number of hydrogen-bond donors (Lipinski definition) is 1. The van der Waals surface area contributed by atoms with Crippen molar-refractivity contribution < 1.29 is 34.8 Å². The van der Waals surface area contributed by atoms with E-state index in [9.17, 15) is 34.8 Å². The van der Waals surface area contributed by atoms with E-state index < -0.39 is 38.9 Å². The van der Waals surface area contributed by atoms with Crippen molar-refractivity contribution in [2.24, 2.45) is 11.1 Å². The van der Waals surface area contributed by atoms with Crippen LogP contribution < -0.4 is 5.14 Å². The molecular formula is C18H12F6N2O2S. The Bertz CT molecular complexity index is 1080. The van der Waals surface area contributed by atoms with Crippen LogP contribution in [0, 0.1) is 5.92 Å². The molecule has 2 N–H and O–H groups in total. The van der Waals surface area contributed by atoms with Gasteiger partial charge in [-0.3, -0.25) is 0 Å². The molecule has 2 aromatic rings. The predicted octanol–water partition coefficient (Wildman–Crippen LogP) is 4.41. The second-order valence-corrected chi connectivity index (χ2v) is 7.74. The number of hydrogen-bond acceptors (Lipinski definition) is 3. The summed E-state index contributed by atoms with van der Waals surface area (Å²) >= 11 is 0. The molecule has 0 radical (unpaired) electrons. The second-order valence-electron chi connectivity index (χ2n) is 6.23. The number of rotatable bonds is 3. The van der Waals surface area contributed by atoms with E-state index in [1.807, 2.05) is 0 Å². The fraction of sp³-hybridized carbons (Fsp3) is 0.167. The van der Waals surface area contributed by atoms with Crippen LogP contribution in [0.1, 0.15) is 16.7 Å². The summed E-state index contributed by atoms with van der Waals surface area (Å²) in [6.45, 7) is 0. The molecule has 0 spiro atoms. The molecule has 154 valence electrons. The first-order valence-electron chi connectivity index (χ1n) is 7.94. The highest BCUT2D eigenvalue weighted by Gasteiger charge is 2.40. The van der Waals surface area contributed by atoms with Gasteiger partial charge in [-0.15, -0.1) is 0 Å². The molecule has 1 aromatic heterocycles. The molecule has 0 aliphatic heterocycles. The minimum atomic E-state index is -4.60. The average molecular weight is 434 g/mol. The van der Waals surface area contributed by atoms with Gasteiger partial charge < -0.3 is 0 Å². The molecule has 11 heteroatoms. The van der Waals surface area contributed by atoms with Gasteiger partial charge in [-0.1, -0.05) is 24.3 Å². The summed E-state index contributed by atoms with van der Waals surface area (Å²) in [6.07, 6.45) is -6.34. The number of pyridine rings is 1. The zero-order valence-electron chi connectivity index (χ0n) is 14.3. The van der Waals surface area contributed by atoms with E-state index in [0.29, 0.717) is 0 Å². The second kappa shape index (κ2) is 6.99. The van der Waals surface area contributed by atoms with Gasteiger partial charge in [0.2, 0.25) is 0 Å². The summed E-state index contributed by atoms with van der Waals surface area (Å²) in [5.74, 6) is -1.95. The van der Waals surface area contributed by atoms with Gasteiger partial charge in [0.1, 0.15) is 0 Å². The van der Waals surface area contributed by atoms with Gasteiger partial charge in [0, 0.05) is 11.8 Å². The number of aromatic nitrogens is 1. The number of sulfonamides is 1. The van der Waals surface area contributed by atoms with E-state index in [2.05, 4.69) is 4.98 Å². The first-order valence-corrected chi connectivity index (χ1v) is 9.49. The lowest BCUT2D eigenvalue weighted by Crippen LogP contribution is -2.17. The molecule has 1 heterocycles. The summed E-state index contributed by atoms with van der Waals surface area (Å²) in [4.78, 5) is 3.65. The van der Waals surface area contributed by atoms with Crippen LogP contribution >= 0.6 is 0 Å². The SMILES string of the molecule is NS(=O)(=O)c1ccc(C2=CC(C(F)(F)F)C=C2c2ccc(C(F)(F)F)cc2)cn1. The Morgan fingerprint density at radius 2 is 1.34 bits per heavy atom. The van der Waals surface area contributed by atoms with E-state index in [-0.39, 0.29) is 22.3 Å². The zero-order chi connectivity index (χ0) is 21.6. The van der Waals surface area contributed by atoms with Gasteiger partial charge in [-0.2, -0.15) is 26.3 Å². The van der Waals surface area contributed by atoms with Crippen LogP contribution in [-0.2, 0) is 16.2 Å². The summed E-state index contributed by atoms with van der Waals surface area (Å²) in [7, 11) is -4.09. The molecule has 4 nitrogen and oxygen atoms in total. The molecule has 0 saturated carbocycles. The molecule has 1 atom stereocenters. The largest absolute Gasteiger partial charge is 0.416 e. The number of alkyl halides is 6. The van der Waals surface area contributed by atoms with Crippen molar-refractivity contribution in [2.45, 2.75) is 17.4 Å². The minimum Gasteiger partial charge on any atom is -0.243 e. The number of nitrogens with zero attached hydrogens (tertiary/aromatic N) is 1. The predicted molar refractivity (Wildman–Crippen MR) is 92.6 cm³/mol. The highest BCUT2D eigenvalue weighted by Crippen LogP contribution is 2.44. The standard InChI is InChI=1S/C18H12F6N2O2S/c19-17(20,21)12-4-1-10(2-5-12)14-7-13(18(22,23)24)8-15(14)11-3-6-16(26-9-11)29(25,27)28/h1-9,13H,(H2,25,27,28). The van der Waals surface area contributed by atoms with E-state index in [1.165, 1.54) is 6.07 Å². The normalized spacial score (nSPS) is 17.8. The molecular weight excluding hydrogens is 422 g/mol. The molecule has 29 heavy (non-hydrogen) atoms. The van der Waals surface area contributed by atoms with Gasteiger partial charge in [-0.25, -0.2) is 18.5 Å². The van der Waals surface area contributed by atoms with Crippen LogP contribution in [0.15, 0.2) is 59.8 Å². The maximum absolute atomic E-state index is 13.2. The Morgan fingerprint density at radius 3 is 1.76 bits per heavy atom. The van der Waals surface area contributed by atoms with E-state index in [1.54, 1.807) is 0 Å². The van der Waals surface area contributed by atoms with E-state index in [4.69, 9.17) is 5.14 Å². The highest BCUT2D eigenvalue weighted by molar-refractivity contribution is 7.89. The lowest BCUT2D eigenvalue weighted by atomic mass is 9.95. The number of halogens is 6. The van der Waals surface area contributed by atoms with Crippen LogP contribution in [0.5, 0.6) is 0 Å².